The zero-order valence-electron chi connectivity index (χ0n) is 10.4. The fourth-order valence-corrected chi connectivity index (χ4v) is 0.995. The summed E-state index contributed by atoms with van der Waals surface area (Å²) in [5.41, 5.74) is 9.84. The first kappa shape index (κ1) is 22.5. The predicted molar refractivity (Wildman–Crippen MR) is 79.0 cm³/mol. The van der Waals surface area contributed by atoms with Gasteiger partial charge in [0, 0.05) is 0 Å². The molecule has 0 heterocycles. The van der Waals surface area contributed by atoms with Crippen molar-refractivity contribution in [3.05, 3.63) is 0 Å². The van der Waals surface area contributed by atoms with Crippen molar-refractivity contribution in [2.45, 2.75) is 18.3 Å². The Kier molecular flexibility index (Phi) is 12.7. The molecule has 122 valence electrons. The van der Waals surface area contributed by atoms with Crippen molar-refractivity contribution in [2.75, 3.05) is 6.61 Å². The molecule has 3 atom stereocenters. The third-order valence-electron chi connectivity index (χ3n) is 1.82. The van der Waals surface area contributed by atoms with E-state index in [9.17, 15) is 15.3 Å². The van der Waals surface area contributed by atoms with Crippen molar-refractivity contribution in [3.63, 3.8) is 0 Å². The van der Waals surface area contributed by atoms with E-state index in [1.165, 1.54) is 0 Å². The van der Waals surface area contributed by atoms with Gasteiger partial charge in [0.2, 0.25) is 0 Å². The molecule has 3 unspecified atom stereocenters. The van der Waals surface area contributed by atoms with Crippen LogP contribution in [0.2, 0.25) is 0 Å². The van der Waals surface area contributed by atoms with Gasteiger partial charge in [-0.1, -0.05) is 0 Å². The summed E-state index contributed by atoms with van der Waals surface area (Å²) in [6.45, 7) is -0.771. The molecule has 0 radical (unpaired) electrons. The van der Waals surface area contributed by atoms with Gasteiger partial charge >= 0.3 is 21.1 Å². The number of nitrogens with two attached hydrogens (primary N) is 2. The average molecular weight is 517 g/mol. The van der Waals surface area contributed by atoms with Gasteiger partial charge in [0.05, 0.1) is 12.8 Å². The largest absolute Gasteiger partial charge is 2.00 e. The SMILES string of the molecule is N\C([S-])=N/N=C\C(=N/N=C(\N)[S-])C(O)C(O)C(O)CO.[Pt+2]. The first-order chi connectivity index (χ1) is 9.29. The molecular weight excluding hydrogens is 503 g/mol. The summed E-state index contributed by atoms with van der Waals surface area (Å²) in [7, 11) is 0. The first-order valence-electron chi connectivity index (χ1n) is 5.06. The Hall–Kier alpha value is -0.752. The van der Waals surface area contributed by atoms with Crippen LogP contribution < -0.4 is 11.5 Å². The molecular formula is C8H14N6O4PtS2. The Bertz CT molecular complexity index is 425. The molecule has 0 spiro atoms. The van der Waals surface area contributed by atoms with E-state index in [-0.39, 0.29) is 37.1 Å². The van der Waals surface area contributed by atoms with E-state index in [1.54, 1.807) is 0 Å². The molecule has 0 bridgehead atoms. The van der Waals surface area contributed by atoms with Crippen molar-refractivity contribution >= 4 is 47.5 Å². The van der Waals surface area contributed by atoms with Gasteiger partial charge in [-0.25, -0.2) is 0 Å². The molecule has 13 heteroatoms. The average Bonchev–Trinajstić information content (AvgIpc) is 2.39. The summed E-state index contributed by atoms with van der Waals surface area (Å²) in [5, 5.41) is 50.0. The summed E-state index contributed by atoms with van der Waals surface area (Å²) in [6, 6.07) is 0. The number of rotatable bonds is 7. The van der Waals surface area contributed by atoms with Gasteiger partial charge in [-0.05, 0) is 10.3 Å². The van der Waals surface area contributed by atoms with Crippen molar-refractivity contribution in [2.24, 2.45) is 31.9 Å². The fraction of sp³-hybridized carbons (Fsp3) is 0.500. The van der Waals surface area contributed by atoms with Gasteiger partial charge in [-0.3, -0.25) is 0 Å². The standard InChI is InChI=1S/C8H16N6O4S2.Pt/c9-7(19)13-11-1-3(12-14-8(10)20)5(17)6(18)4(16)2-15;/h1,4-6,15-18H,2H2,(H3,9,13,19)(H3,10,14,20);/q;+2/p-2/b11-1-,12-3+;. The summed E-state index contributed by atoms with van der Waals surface area (Å²) < 4.78 is 0. The van der Waals surface area contributed by atoms with E-state index in [1.807, 2.05) is 0 Å². The normalized spacial score (nSPS) is 18.2. The third kappa shape index (κ3) is 9.74. The Balaban J connectivity index is 0. The summed E-state index contributed by atoms with van der Waals surface area (Å²) in [4.78, 5) is 0. The zero-order valence-corrected chi connectivity index (χ0v) is 14.3. The Morgan fingerprint density at radius 1 is 1.05 bits per heavy atom. The maximum absolute atomic E-state index is 9.76. The van der Waals surface area contributed by atoms with Gasteiger partial charge in [0.15, 0.2) is 0 Å². The molecule has 0 aromatic rings. The second-order valence-electron chi connectivity index (χ2n) is 3.33. The summed E-state index contributed by atoms with van der Waals surface area (Å²) in [5.74, 6) is 0. The Morgan fingerprint density at radius 2 is 1.57 bits per heavy atom. The molecule has 0 saturated heterocycles. The monoisotopic (exact) mass is 517 g/mol. The molecule has 10 nitrogen and oxygen atoms in total. The Labute approximate surface area is 145 Å². The molecule has 0 amide bonds. The second kappa shape index (κ2) is 11.9. The third-order valence-corrected chi connectivity index (χ3v) is 1.98. The maximum Gasteiger partial charge on any atom is 2.00 e. The fourth-order valence-electron chi connectivity index (χ4n) is 0.907. The van der Waals surface area contributed by atoms with E-state index < -0.39 is 24.9 Å². The molecule has 0 aromatic carbocycles. The predicted octanol–water partition coefficient (Wildman–Crippen LogP) is -3.88. The first-order valence-corrected chi connectivity index (χ1v) is 5.87. The van der Waals surface area contributed by atoms with Crippen LogP contribution in [0, 0.1) is 0 Å². The number of amidine groups is 2. The van der Waals surface area contributed by atoms with Crippen LogP contribution in [0.4, 0.5) is 0 Å². The van der Waals surface area contributed by atoms with E-state index in [0.717, 1.165) is 6.21 Å². The van der Waals surface area contributed by atoms with Crippen molar-refractivity contribution in [3.8, 4) is 0 Å². The summed E-state index contributed by atoms with van der Waals surface area (Å²) in [6.07, 6.45) is -4.17. The number of hydrogen-bond acceptors (Lipinski definition) is 10. The van der Waals surface area contributed by atoms with E-state index >= 15 is 0 Å². The second-order valence-corrected chi connectivity index (χ2v) is 4.17. The van der Waals surface area contributed by atoms with Crippen molar-refractivity contribution in [1.82, 2.24) is 0 Å². The van der Waals surface area contributed by atoms with Crippen LogP contribution in [0.15, 0.2) is 20.4 Å². The maximum atomic E-state index is 9.76. The number of nitrogens with zero attached hydrogens (tertiary/aromatic N) is 4. The molecule has 0 aromatic heterocycles. The van der Waals surface area contributed by atoms with Gasteiger partial charge in [-0.2, -0.15) is 20.4 Å². The van der Waals surface area contributed by atoms with Crippen molar-refractivity contribution < 1.29 is 41.5 Å². The van der Waals surface area contributed by atoms with Crippen molar-refractivity contribution in [1.29, 1.82) is 0 Å². The number of aliphatic hydroxyl groups is 4. The van der Waals surface area contributed by atoms with Crippen LogP contribution in [0.1, 0.15) is 0 Å². The molecule has 0 saturated carbocycles. The number of aliphatic hydroxyl groups excluding tert-OH is 4. The van der Waals surface area contributed by atoms with Crippen LogP contribution in [-0.4, -0.2) is 67.6 Å². The summed E-state index contributed by atoms with van der Waals surface area (Å²) >= 11 is 8.90. The quantitative estimate of drug-likeness (QED) is 0.0858. The van der Waals surface area contributed by atoms with Crippen LogP contribution in [0.5, 0.6) is 0 Å². The van der Waals surface area contributed by atoms with Crippen LogP contribution >= 0.6 is 0 Å². The topological polar surface area (TPSA) is 182 Å². The minimum Gasteiger partial charge on any atom is -0.741 e. The molecule has 0 fully saturated rings. The molecule has 21 heavy (non-hydrogen) atoms. The minimum atomic E-state index is -1.74. The minimum absolute atomic E-state index is 0. The molecule has 0 aliphatic rings. The smallest absolute Gasteiger partial charge is 0.741 e. The van der Waals surface area contributed by atoms with Gasteiger partial charge in [-0.15, -0.1) is 0 Å². The van der Waals surface area contributed by atoms with Gasteiger partial charge in [0.25, 0.3) is 0 Å². The van der Waals surface area contributed by atoms with E-state index in [0.29, 0.717) is 0 Å². The Morgan fingerprint density at radius 3 is 2.00 bits per heavy atom. The molecule has 8 N–H and O–H groups in total. The zero-order chi connectivity index (χ0) is 15.7. The molecule has 0 aliphatic heterocycles. The van der Waals surface area contributed by atoms with Gasteiger partial charge in [0.1, 0.15) is 24.0 Å². The number of hydrogen-bond donors (Lipinski definition) is 6. The van der Waals surface area contributed by atoms with Gasteiger partial charge < -0.3 is 57.2 Å². The van der Waals surface area contributed by atoms with E-state index in [4.69, 9.17) is 16.6 Å². The van der Waals surface area contributed by atoms with Crippen LogP contribution in [0.3, 0.4) is 0 Å². The molecule has 0 aliphatic carbocycles. The van der Waals surface area contributed by atoms with Crippen LogP contribution in [-0.2, 0) is 46.3 Å². The van der Waals surface area contributed by atoms with E-state index in [2.05, 4.69) is 45.7 Å². The van der Waals surface area contributed by atoms with Crippen LogP contribution in [0.25, 0.3) is 0 Å². The molecule has 0 rings (SSSR count).